The minimum absolute atomic E-state index is 0.0613. The molecule has 0 spiro atoms. The molecule has 3 aromatic carbocycles. The maximum absolute atomic E-state index is 12.4. The molecule has 1 aliphatic heterocycles. The lowest BCUT2D eigenvalue weighted by atomic mass is 9.84. The molecule has 1 aliphatic rings. The van der Waals surface area contributed by atoms with Gasteiger partial charge in [0.05, 0.1) is 0 Å². The Kier molecular flexibility index (Phi) is 4.23. The molecule has 0 bridgehead atoms. The van der Waals surface area contributed by atoms with Crippen molar-refractivity contribution in [3.8, 4) is 11.5 Å². The van der Waals surface area contributed by atoms with E-state index in [4.69, 9.17) is 4.74 Å². The highest BCUT2D eigenvalue weighted by Gasteiger charge is 2.27. The van der Waals surface area contributed by atoms with Crippen molar-refractivity contribution in [3.63, 3.8) is 0 Å². The van der Waals surface area contributed by atoms with Crippen LogP contribution in [0.25, 0.3) is 12.2 Å². The van der Waals surface area contributed by atoms with Crippen LogP contribution < -0.4 is 15.2 Å². The number of carbonyl (C=O) groups excluding carboxylic acids is 1. The monoisotopic (exact) mass is 368 g/mol. The molecule has 140 valence electrons. The summed E-state index contributed by atoms with van der Waals surface area (Å²) >= 11 is 0. The van der Waals surface area contributed by atoms with Crippen LogP contribution in [0.3, 0.4) is 0 Å². The first-order valence-electron chi connectivity index (χ1n) is 9.53. The molecule has 0 amide bonds. The molecule has 28 heavy (non-hydrogen) atoms. The number of ketones is 1. The lowest BCUT2D eigenvalue weighted by Gasteiger charge is -2.27. The number of hydrogen-bond acceptors (Lipinski definition) is 2. The second kappa shape index (κ2) is 6.49. The van der Waals surface area contributed by atoms with Crippen LogP contribution in [0.2, 0.25) is 0 Å². The van der Waals surface area contributed by atoms with E-state index in [2.05, 4.69) is 45.5 Å². The Bertz CT molecular complexity index is 1260. The van der Waals surface area contributed by atoms with Crippen LogP contribution in [-0.4, -0.2) is 5.78 Å². The SMILES string of the molecule is C=c1cc(C)c2c(c1C)Oc1c(C)ccc(C)c1C=2c1ccccc1C(C)=O. The fourth-order valence-electron chi connectivity index (χ4n) is 4.12. The Morgan fingerprint density at radius 2 is 1.57 bits per heavy atom. The topological polar surface area (TPSA) is 26.3 Å². The van der Waals surface area contributed by atoms with Crippen LogP contribution in [0, 0.1) is 27.7 Å². The molecule has 0 fully saturated rings. The van der Waals surface area contributed by atoms with Gasteiger partial charge in [-0.05, 0) is 67.7 Å². The van der Waals surface area contributed by atoms with Gasteiger partial charge in [0.2, 0.25) is 0 Å². The molecule has 0 unspecified atom stereocenters. The van der Waals surface area contributed by atoms with Gasteiger partial charge in [0, 0.05) is 21.9 Å². The lowest BCUT2D eigenvalue weighted by molar-refractivity contribution is 0.101. The van der Waals surface area contributed by atoms with Crippen molar-refractivity contribution in [1.29, 1.82) is 0 Å². The highest BCUT2D eigenvalue weighted by molar-refractivity contribution is 6.02. The van der Waals surface area contributed by atoms with Crippen LogP contribution >= 0.6 is 0 Å². The zero-order valence-corrected chi connectivity index (χ0v) is 17.1. The van der Waals surface area contributed by atoms with Gasteiger partial charge in [-0.3, -0.25) is 4.79 Å². The molecular formula is C26H24O2. The van der Waals surface area contributed by atoms with Gasteiger partial charge < -0.3 is 4.74 Å². The summed E-state index contributed by atoms with van der Waals surface area (Å²) < 4.78 is 6.49. The molecule has 3 aromatic rings. The third-order valence-electron chi connectivity index (χ3n) is 5.68. The number of aryl methyl sites for hydroxylation is 3. The van der Waals surface area contributed by atoms with E-state index < -0.39 is 0 Å². The fourth-order valence-corrected chi connectivity index (χ4v) is 4.12. The van der Waals surface area contributed by atoms with Gasteiger partial charge in [-0.15, -0.1) is 0 Å². The number of rotatable bonds is 2. The van der Waals surface area contributed by atoms with Crippen LogP contribution in [0.5, 0.6) is 11.5 Å². The molecule has 4 rings (SSSR count). The van der Waals surface area contributed by atoms with E-state index in [0.29, 0.717) is 0 Å². The molecule has 0 saturated carbocycles. The smallest absolute Gasteiger partial charge is 0.160 e. The second-order valence-electron chi connectivity index (χ2n) is 7.66. The third-order valence-corrected chi connectivity index (χ3v) is 5.68. The highest BCUT2D eigenvalue weighted by Crippen LogP contribution is 2.41. The maximum atomic E-state index is 12.4. The lowest BCUT2D eigenvalue weighted by Crippen LogP contribution is -2.26. The predicted octanol–water partition coefficient (Wildman–Crippen LogP) is 4.89. The average Bonchev–Trinajstić information content (AvgIpc) is 2.67. The Labute approximate surface area is 165 Å². The Morgan fingerprint density at radius 3 is 2.29 bits per heavy atom. The van der Waals surface area contributed by atoms with Gasteiger partial charge in [-0.25, -0.2) is 0 Å². The van der Waals surface area contributed by atoms with Gasteiger partial charge in [-0.1, -0.05) is 49.0 Å². The Morgan fingerprint density at radius 1 is 0.893 bits per heavy atom. The van der Waals surface area contributed by atoms with Crippen molar-refractivity contribution in [2.24, 2.45) is 0 Å². The summed E-state index contributed by atoms with van der Waals surface area (Å²) in [4.78, 5) is 12.4. The average molecular weight is 368 g/mol. The molecule has 0 N–H and O–H groups in total. The molecule has 0 aliphatic carbocycles. The summed E-state index contributed by atoms with van der Waals surface area (Å²) in [6, 6.07) is 14.2. The second-order valence-corrected chi connectivity index (χ2v) is 7.66. The fraction of sp³-hybridized carbons (Fsp3) is 0.192. The first-order valence-corrected chi connectivity index (χ1v) is 9.53. The molecule has 0 aromatic heterocycles. The summed E-state index contributed by atoms with van der Waals surface area (Å²) in [6.07, 6.45) is 0. The number of Topliss-reactive ketones (excluding diaryl/α,β-unsaturated/α-hetero) is 1. The van der Waals surface area contributed by atoms with Gasteiger partial charge in [0.25, 0.3) is 0 Å². The summed E-state index contributed by atoms with van der Waals surface area (Å²) in [5.74, 6) is 1.78. The van der Waals surface area contributed by atoms with Gasteiger partial charge in [-0.2, -0.15) is 0 Å². The standard InChI is InChI=1S/C26H24O2/c1-14-11-12-15(2)25-22(14)24(21-10-8-7-9-20(21)19(6)27)23-17(4)13-16(3)18(5)26(23)28-25/h7-13H,3H2,1-2,4-6H3. The van der Waals surface area contributed by atoms with Gasteiger partial charge in [0.1, 0.15) is 11.5 Å². The molecule has 0 saturated heterocycles. The van der Waals surface area contributed by atoms with Crippen molar-refractivity contribution in [2.75, 3.05) is 0 Å². The summed E-state index contributed by atoms with van der Waals surface area (Å²) in [7, 11) is 0. The molecule has 1 heterocycles. The normalized spacial score (nSPS) is 12.2. The van der Waals surface area contributed by atoms with Crippen molar-refractivity contribution >= 4 is 17.9 Å². The predicted molar refractivity (Wildman–Crippen MR) is 115 cm³/mol. The van der Waals surface area contributed by atoms with Crippen molar-refractivity contribution in [2.45, 2.75) is 34.6 Å². The van der Waals surface area contributed by atoms with E-state index in [9.17, 15) is 4.79 Å². The summed E-state index contributed by atoms with van der Waals surface area (Å²) in [6.45, 7) is 14.1. The largest absolute Gasteiger partial charge is 0.455 e. The quantitative estimate of drug-likeness (QED) is 0.471. The van der Waals surface area contributed by atoms with E-state index in [1.165, 1.54) is 0 Å². The number of fused-ring (bicyclic) bond motifs is 2. The third kappa shape index (κ3) is 2.60. The number of ether oxygens (including phenoxy) is 1. The Balaban J connectivity index is 2.31. The molecular weight excluding hydrogens is 344 g/mol. The zero-order chi connectivity index (χ0) is 20.2. The number of hydrogen-bond donors (Lipinski definition) is 0. The van der Waals surface area contributed by atoms with Crippen molar-refractivity contribution in [3.05, 3.63) is 91.8 Å². The summed E-state index contributed by atoms with van der Waals surface area (Å²) in [5.41, 5.74) is 8.17. The van der Waals surface area contributed by atoms with E-state index in [1.807, 2.05) is 31.2 Å². The van der Waals surface area contributed by atoms with Crippen molar-refractivity contribution < 1.29 is 9.53 Å². The minimum atomic E-state index is 0.0613. The number of benzene rings is 3. The Hall–Kier alpha value is -3.13. The van der Waals surface area contributed by atoms with Crippen LogP contribution in [0.15, 0.2) is 42.5 Å². The molecule has 2 nitrogen and oxygen atoms in total. The van der Waals surface area contributed by atoms with Crippen LogP contribution in [0.1, 0.15) is 50.7 Å². The molecule has 0 atom stereocenters. The van der Waals surface area contributed by atoms with E-state index >= 15 is 0 Å². The first kappa shape index (κ1) is 18.2. The van der Waals surface area contributed by atoms with Crippen LogP contribution in [0.4, 0.5) is 0 Å². The molecule has 0 radical (unpaired) electrons. The highest BCUT2D eigenvalue weighted by atomic mass is 16.5. The van der Waals surface area contributed by atoms with Gasteiger partial charge >= 0.3 is 0 Å². The minimum Gasteiger partial charge on any atom is -0.455 e. The van der Waals surface area contributed by atoms with Crippen LogP contribution in [-0.2, 0) is 0 Å². The number of carbonyl (C=O) groups is 1. The van der Waals surface area contributed by atoms with E-state index in [0.717, 1.165) is 66.5 Å². The first-order chi connectivity index (χ1) is 13.3. The molecule has 2 heteroatoms. The van der Waals surface area contributed by atoms with Gasteiger partial charge in [0.15, 0.2) is 5.78 Å². The van der Waals surface area contributed by atoms with E-state index in [1.54, 1.807) is 6.92 Å². The summed E-state index contributed by atoms with van der Waals surface area (Å²) in [5, 5.41) is 2.02. The zero-order valence-electron chi connectivity index (χ0n) is 17.1. The van der Waals surface area contributed by atoms with Crippen molar-refractivity contribution in [1.82, 2.24) is 0 Å². The van der Waals surface area contributed by atoms with E-state index in [-0.39, 0.29) is 5.78 Å². The maximum Gasteiger partial charge on any atom is 0.160 e.